The normalized spacial score (nSPS) is 12.5. The first-order valence-electron chi connectivity index (χ1n) is 10.2. The average Bonchev–Trinajstić information content (AvgIpc) is 2.58. The molecule has 166 valence electrons. The molecular formula is C23H37N4O3+. The van der Waals surface area contributed by atoms with Crippen LogP contribution in [0.4, 0.5) is 5.69 Å². The average molecular weight is 418 g/mol. The van der Waals surface area contributed by atoms with E-state index in [4.69, 9.17) is 0 Å². The highest BCUT2D eigenvalue weighted by Crippen LogP contribution is 2.18. The van der Waals surface area contributed by atoms with E-state index in [-0.39, 0.29) is 37.0 Å². The van der Waals surface area contributed by atoms with Crippen molar-refractivity contribution in [3.05, 3.63) is 29.3 Å². The maximum Gasteiger partial charge on any atom is 0.295 e. The zero-order valence-electron chi connectivity index (χ0n) is 19.7. The van der Waals surface area contributed by atoms with E-state index in [9.17, 15) is 14.4 Å². The summed E-state index contributed by atoms with van der Waals surface area (Å²) in [7, 11) is 5.72. The number of anilines is 1. The van der Waals surface area contributed by atoms with Crippen molar-refractivity contribution in [1.29, 1.82) is 0 Å². The molecule has 7 heteroatoms. The molecule has 1 aromatic carbocycles. The number of Topliss-reactive ketones (excluding diaryl/α,β-unsaturated/α-hetero) is 1. The van der Waals surface area contributed by atoms with E-state index in [1.807, 2.05) is 74.0 Å². The Hall–Kier alpha value is -2.54. The molecule has 2 N–H and O–H groups in total. The maximum atomic E-state index is 12.5. The van der Waals surface area contributed by atoms with Crippen molar-refractivity contribution in [2.24, 2.45) is 10.5 Å². The number of carbonyl (C=O) groups is 3. The number of quaternary nitrogens is 1. The molecule has 0 bridgehead atoms. The summed E-state index contributed by atoms with van der Waals surface area (Å²) in [6.07, 6.45) is 0.572. The Morgan fingerprint density at radius 2 is 1.60 bits per heavy atom. The van der Waals surface area contributed by atoms with Crippen molar-refractivity contribution in [2.45, 2.75) is 53.9 Å². The lowest BCUT2D eigenvalue weighted by atomic mass is 9.87. The smallest absolute Gasteiger partial charge is 0.295 e. The molecule has 30 heavy (non-hydrogen) atoms. The predicted molar refractivity (Wildman–Crippen MR) is 121 cm³/mol. The fourth-order valence-corrected chi connectivity index (χ4v) is 2.54. The minimum atomic E-state index is -0.519. The third-order valence-electron chi connectivity index (χ3n) is 4.59. The Kier molecular flexibility index (Phi) is 8.90. The molecule has 0 saturated heterocycles. The van der Waals surface area contributed by atoms with Gasteiger partial charge in [-0.15, -0.1) is 0 Å². The van der Waals surface area contributed by atoms with E-state index < -0.39 is 5.41 Å². The van der Waals surface area contributed by atoms with Gasteiger partial charge in [0.1, 0.15) is 5.78 Å². The van der Waals surface area contributed by atoms with Crippen molar-refractivity contribution in [3.63, 3.8) is 0 Å². The minimum absolute atomic E-state index is 0.0108. The summed E-state index contributed by atoms with van der Waals surface area (Å²) in [5, 5.41) is 7.05. The molecule has 0 atom stereocenters. The molecule has 1 rings (SSSR count). The molecule has 0 saturated carbocycles. The number of aryl methyl sites for hydroxylation is 2. The van der Waals surface area contributed by atoms with Gasteiger partial charge < -0.3 is 9.80 Å². The van der Waals surface area contributed by atoms with Crippen molar-refractivity contribution < 1.29 is 18.9 Å². The second kappa shape index (κ2) is 10.5. The fourth-order valence-electron chi connectivity index (χ4n) is 2.54. The molecule has 0 spiro atoms. The molecule has 1 aromatic rings. The van der Waals surface area contributed by atoms with E-state index in [0.717, 1.165) is 16.8 Å². The topological polar surface area (TPSA) is 87.6 Å². The van der Waals surface area contributed by atoms with Crippen LogP contribution in [0.3, 0.4) is 0 Å². The van der Waals surface area contributed by atoms with Gasteiger partial charge in [0.2, 0.25) is 5.91 Å². The van der Waals surface area contributed by atoms with Crippen molar-refractivity contribution >= 4 is 29.0 Å². The van der Waals surface area contributed by atoms with Gasteiger partial charge in [-0.1, -0.05) is 26.8 Å². The molecule has 7 nitrogen and oxygen atoms in total. The molecule has 0 heterocycles. The number of ketones is 1. The van der Waals surface area contributed by atoms with Gasteiger partial charge in [0.15, 0.2) is 6.54 Å². The Balaban J connectivity index is 2.79. The van der Waals surface area contributed by atoms with Crippen LogP contribution < -0.4 is 10.7 Å². The summed E-state index contributed by atoms with van der Waals surface area (Å²) in [6, 6.07) is 5.75. The molecule has 0 radical (unpaired) electrons. The summed E-state index contributed by atoms with van der Waals surface area (Å²) in [6.45, 7) is 9.80. The Morgan fingerprint density at radius 3 is 2.13 bits per heavy atom. The van der Waals surface area contributed by atoms with Crippen LogP contribution in [0, 0.1) is 19.3 Å². The number of carbonyl (C=O) groups excluding carboxylic acids is 3. The van der Waals surface area contributed by atoms with E-state index >= 15 is 0 Å². The summed E-state index contributed by atoms with van der Waals surface area (Å²) in [5.74, 6) is -0.383. The second-order valence-corrected chi connectivity index (χ2v) is 9.86. The lowest BCUT2D eigenvalue weighted by Gasteiger charge is -2.22. The van der Waals surface area contributed by atoms with Crippen LogP contribution >= 0.6 is 0 Å². The van der Waals surface area contributed by atoms with Gasteiger partial charge in [0.25, 0.3) is 5.91 Å². The Morgan fingerprint density at radius 1 is 0.967 bits per heavy atom. The summed E-state index contributed by atoms with van der Waals surface area (Å²) >= 11 is 0. The third-order valence-corrected chi connectivity index (χ3v) is 4.59. The van der Waals surface area contributed by atoms with Crippen LogP contribution in [0.15, 0.2) is 23.3 Å². The first-order chi connectivity index (χ1) is 13.7. The lowest BCUT2D eigenvalue weighted by Crippen LogP contribution is -2.43. The van der Waals surface area contributed by atoms with Gasteiger partial charge >= 0.3 is 0 Å². The number of hydrazone groups is 1. The van der Waals surface area contributed by atoms with E-state index in [0.29, 0.717) is 16.6 Å². The minimum Gasteiger partial charge on any atom is -0.326 e. The number of nitrogens with zero attached hydrogens (tertiary/aromatic N) is 2. The number of nitrogens with one attached hydrogen (secondary N) is 2. The number of hydrogen-bond donors (Lipinski definition) is 2. The van der Waals surface area contributed by atoms with Gasteiger partial charge in [-0.3, -0.25) is 14.4 Å². The maximum absolute atomic E-state index is 12.5. The SMILES string of the molecule is Cc1ccc(NC(=O)CC/C(CC(=O)C(C)(C)C)=N\NC(=O)C[N+](C)(C)C)cc1C. The van der Waals surface area contributed by atoms with E-state index in [1.165, 1.54) is 0 Å². The molecule has 0 aliphatic carbocycles. The van der Waals surface area contributed by atoms with Crippen LogP contribution in [0.1, 0.15) is 51.2 Å². The number of benzene rings is 1. The molecule has 0 fully saturated rings. The number of likely N-dealkylation sites (N-methyl/N-ethyl adjacent to an activating group) is 1. The van der Waals surface area contributed by atoms with Gasteiger partial charge in [-0.2, -0.15) is 5.10 Å². The van der Waals surface area contributed by atoms with Crippen molar-refractivity contribution in [1.82, 2.24) is 5.43 Å². The van der Waals surface area contributed by atoms with Crippen LogP contribution in [0.25, 0.3) is 0 Å². The van der Waals surface area contributed by atoms with E-state index in [2.05, 4.69) is 15.8 Å². The van der Waals surface area contributed by atoms with E-state index in [1.54, 1.807) is 0 Å². The monoisotopic (exact) mass is 417 g/mol. The highest BCUT2D eigenvalue weighted by atomic mass is 16.2. The molecule has 0 unspecified atom stereocenters. The second-order valence-electron chi connectivity index (χ2n) is 9.86. The number of rotatable bonds is 9. The molecular weight excluding hydrogens is 380 g/mol. The highest BCUT2D eigenvalue weighted by Gasteiger charge is 2.23. The van der Waals surface area contributed by atoms with Crippen LogP contribution in [0.2, 0.25) is 0 Å². The predicted octanol–water partition coefficient (Wildman–Crippen LogP) is 3.21. The fraction of sp³-hybridized carbons (Fsp3) is 0.565. The molecule has 2 amide bonds. The standard InChI is InChI=1S/C23H36N4O3/c1-16-9-10-18(13-17(16)2)24-21(29)12-11-19(14-20(28)23(3,4)5)25-26-22(30)15-27(6,7)8/h9-10,13H,11-12,14-15H2,1-8H3,(H-,24,26,29,30)/p+1/b25-19+. The van der Waals surface area contributed by atoms with Crippen LogP contribution in [0.5, 0.6) is 0 Å². The van der Waals surface area contributed by atoms with Gasteiger partial charge in [0, 0.05) is 29.7 Å². The Bertz CT molecular complexity index is 815. The third kappa shape index (κ3) is 9.78. The highest BCUT2D eigenvalue weighted by molar-refractivity contribution is 6.05. The number of amides is 2. The van der Waals surface area contributed by atoms with Gasteiger partial charge in [-0.05, 0) is 43.5 Å². The molecule has 0 aliphatic heterocycles. The van der Waals surface area contributed by atoms with Gasteiger partial charge in [0.05, 0.1) is 21.1 Å². The molecule has 0 aliphatic rings. The van der Waals surface area contributed by atoms with Crippen LogP contribution in [-0.2, 0) is 14.4 Å². The summed E-state index contributed by atoms with van der Waals surface area (Å²) in [5.41, 5.74) is 5.52. The van der Waals surface area contributed by atoms with Crippen molar-refractivity contribution in [2.75, 3.05) is 33.0 Å². The lowest BCUT2D eigenvalue weighted by molar-refractivity contribution is -0.862. The summed E-state index contributed by atoms with van der Waals surface area (Å²) in [4.78, 5) is 36.9. The van der Waals surface area contributed by atoms with Crippen molar-refractivity contribution in [3.8, 4) is 0 Å². The molecule has 0 aromatic heterocycles. The Labute approximate surface area is 180 Å². The van der Waals surface area contributed by atoms with Gasteiger partial charge in [-0.25, -0.2) is 5.43 Å². The zero-order chi connectivity index (χ0) is 23.1. The first kappa shape index (κ1) is 25.5. The number of hydrogen-bond acceptors (Lipinski definition) is 4. The van der Waals surface area contributed by atoms with Crippen LogP contribution in [-0.4, -0.2) is 55.5 Å². The first-order valence-corrected chi connectivity index (χ1v) is 10.2. The zero-order valence-corrected chi connectivity index (χ0v) is 19.7. The largest absolute Gasteiger partial charge is 0.326 e. The quantitative estimate of drug-likeness (QED) is 0.367. The summed E-state index contributed by atoms with van der Waals surface area (Å²) < 4.78 is 0.468.